The highest BCUT2D eigenvalue weighted by Gasteiger charge is 2.15. The Morgan fingerprint density at radius 3 is 2.61 bits per heavy atom. The summed E-state index contributed by atoms with van der Waals surface area (Å²) in [6, 6.07) is 3.33. The summed E-state index contributed by atoms with van der Waals surface area (Å²) >= 11 is 0. The van der Waals surface area contributed by atoms with Crippen molar-refractivity contribution in [1.82, 2.24) is 0 Å². The quantitative estimate of drug-likeness (QED) is 0.501. The van der Waals surface area contributed by atoms with Crippen molar-refractivity contribution in [3.05, 3.63) is 33.9 Å². The second-order valence-corrected chi connectivity index (χ2v) is 3.44. The van der Waals surface area contributed by atoms with Gasteiger partial charge in [-0.2, -0.15) is 0 Å². The van der Waals surface area contributed by atoms with Crippen molar-refractivity contribution in [1.29, 1.82) is 0 Å². The number of hydrogen-bond acceptors (Lipinski definition) is 5. The van der Waals surface area contributed by atoms with Crippen LogP contribution >= 0.6 is 0 Å². The van der Waals surface area contributed by atoms with Gasteiger partial charge in [0.2, 0.25) is 5.91 Å². The van der Waals surface area contributed by atoms with Crippen molar-refractivity contribution >= 4 is 23.3 Å². The summed E-state index contributed by atoms with van der Waals surface area (Å²) in [5, 5.41) is 22.1. The van der Waals surface area contributed by atoms with Crippen LogP contribution in [0.4, 0.5) is 11.4 Å². The molecule has 4 N–H and O–H groups in total. The van der Waals surface area contributed by atoms with Crippen molar-refractivity contribution in [3.63, 3.8) is 0 Å². The topological polar surface area (TPSA) is 136 Å². The Morgan fingerprint density at radius 2 is 2.11 bits per heavy atom. The summed E-state index contributed by atoms with van der Waals surface area (Å²) < 4.78 is 0. The minimum absolute atomic E-state index is 0.00174. The normalized spacial score (nSPS) is 9.78. The highest BCUT2D eigenvalue weighted by molar-refractivity contribution is 5.94. The number of aromatic carboxylic acids is 1. The number of nitro benzene ring substituents is 1. The first-order chi connectivity index (χ1) is 8.41. The zero-order valence-corrected chi connectivity index (χ0v) is 9.25. The van der Waals surface area contributed by atoms with Crippen LogP contribution in [0.1, 0.15) is 16.8 Å². The van der Waals surface area contributed by atoms with E-state index in [-0.39, 0.29) is 29.9 Å². The molecule has 1 amide bonds. The molecule has 0 heterocycles. The van der Waals surface area contributed by atoms with Crippen LogP contribution in [0, 0.1) is 10.1 Å². The fourth-order valence-corrected chi connectivity index (χ4v) is 1.30. The van der Waals surface area contributed by atoms with E-state index >= 15 is 0 Å². The molecule has 1 aromatic rings. The standard InChI is InChI=1S/C10H11N3O5/c11-9(14)3-4-12-8-5-6(13(17)18)1-2-7(8)10(15)16/h1-2,5,12H,3-4H2,(H2,11,14)(H,15,16). The van der Waals surface area contributed by atoms with Crippen LogP contribution in [-0.4, -0.2) is 28.5 Å². The summed E-state index contributed by atoms with van der Waals surface area (Å²) in [4.78, 5) is 31.4. The van der Waals surface area contributed by atoms with Gasteiger partial charge in [0.25, 0.3) is 5.69 Å². The van der Waals surface area contributed by atoms with Crippen molar-refractivity contribution in [3.8, 4) is 0 Å². The Morgan fingerprint density at radius 1 is 1.44 bits per heavy atom. The van der Waals surface area contributed by atoms with Gasteiger partial charge in [0.15, 0.2) is 0 Å². The second-order valence-electron chi connectivity index (χ2n) is 3.44. The van der Waals surface area contributed by atoms with Crippen molar-refractivity contribution in [2.75, 3.05) is 11.9 Å². The monoisotopic (exact) mass is 253 g/mol. The Labute approximate surface area is 102 Å². The first-order valence-corrected chi connectivity index (χ1v) is 4.95. The fourth-order valence-electron chi connectivity index (χ4n) is 1.30. The van der Waals surface area contributed by atoms with Gasteiger partial charge in [-0.25, -0.2) is 4.79 Å². The average molecular weight is 253 g/mol. The molecule has 0 radical (unpaired) electrons. The minimum Gasteiger partial charge on any atom is -0.478 e. The van der Waals surface area contributed by atoms with Gasteiger partial charge in [0, 0.05) is 25.1 Å². The van der Waals surface area contributed by atoms with Crippen molar-refractivity contribution in [2.24, 2.45) is 5.73 Å². The Balaban J connectivity index is 2.96. The van der Waals surface area contributed by atoms with Gasteiger partial charge in [-0.05, 0) is 6.07 Å². The van der Waals surface area contributed by atoms with Gasteiger partial charge < -0.3 is 16.2 Å². The molecule has 8 nitrogen and oxygen atoms in total. The van der Waals surface area contributed by atoms with E-state index in [0.29, 0.717) is 0 Å². The largest absolute Gasteiger partial charge is 0.478 e. The molecule has 0 bridgehead atoms. The number of carbonyl (C=O) groups is 2. The number of hydrogen-bond donors (Lipinski definition) is 3. The fraction of sp³-hybridized carbons (Fsp3) is 0.200. The number of amides is 1. The maximum Gasteiger partial charge on any atom is 0.337 e. The third-order valence-electron chi connectivity index (χ3n) is 2.13. The molecule has 1 rings (SSSR count). The van der Waals surface area contributed by atoms with E-state index < -0.39 is 16.8 Å². The average Bonchev–Trinajstić information content (AvgIpc) is 2.27. The Hall–Kier alpha value is -2.64. The van der Waals surface area contributed by atoms with Gasteiger partial charge in [-0.3, -0.25) is 14.9 Å². The molecule has 0 fully saturated rings. The first kappa shape index (κ1) is 13.4. The summed E-state index contributed by atoms with van der Waals surface area (Å²) in [5.74, 6) is -1.77. The third kappa shape index (κ3) is 3.44. The number of non-ortho nitro benzene ring substituents is 1. The molecule has 96 valence electrons. The molecule has 0 spiro atoms. The van der Waals surface area contributed by atoms with Crippen molar-refractivity contribution in [2.45, 2.75) is 6.42 Å². The zero-order valence-electron chi connectivity index (χ0n) is 9.25. The molecular formula is C10H11N3O5. The third-order valence-corrected chi connectivity index (χ3v) is 2.13. The number of nitrogens with zero attached hydrogens (tertiary/aromatic N) is 1. The highest BCUT2D eigenvalue weighted by Crippen LogP contribution is 2.22. The van der Waals surface area contributed by atoms with E-state index in [1.165, 1.54) is 0 Å². The molecule has 0 aliphatic rings. The van der Waals surface area contributed by atoms with Crippen LogP contribution in [0.25, 0.3) is 0 Å². The minimum atomic E-state index is -1.22. The van der Waals surface area contributed by atoms with Crippen LogP contribution in [-0.2, 0) is 4.79 Å². The lowest BCUT2D eigenvalue weighted by molar-refractivity contribution is -0.384. The van der Waals surface area contributed by atoms with Gasteiger partial charge in [0.1, 0.15) is 0 Å². The number of carboxylic acids is 1. The first-order valence-electron chi connectivity index (χ1n) is 4.95. The molecule has 0 aromatic heterocycles. The van der Waals surface area contributed by atoms with Crippen molar-refractivity contribution < 1.29 is 19.6 Å². The number of nitro groups is 1. The lowest BCUT2D eigenvalue weighted by Gasteiger charge is -2.08. The molecule has 0 atom stereocenters. The zero-order chi connectivity index (χ0) is 13.7. The van der Waals surface area contributed by atoms with Gasteiger partial charge in [-0.1, -0.05) is 0 Å². The summed E-state index contributed by atoms with van der Waals surface area (Å²) in [7, 11) is 0. The van der Waals surface area contributed by atoms with E-state index in [1.807, 2.05) is 0 Å². The predicted octanol–water partition coefficient (Wildman–Crippen LogP) is 0.580. The van der Waals surface area contributed by atoms with E-state index in [4.69, 9.17) is 10.8 Å². The van der Waals surface area contributed by atoms with E-state index in [0.717, 1.165) is 18.2 Å². The molecular weight excluding hydrogens is 242 g/mol. The number of rotatable bonds is 6. The van der Waals surface area contributed by atoms with E-state index in [2.05, 4.69) is 5.32 Å². The maximum absolute atomic E-state index is 10.9. The molecule has 0 aliphatic carbocycles. The van der Waals surface area contributed by atoms with Crippen LogP contribution in [0.15, 0.2) is 18.2 Å². The van der Waals surface area contributed by atoms with E-state index in [9.17, 15) is 19.7 Å². The van der Waals surface area contributed by atoms with Gasteiger partial charge >= 0.3 is 5.97 Å². The summed E-state index contributed by atoms with van der Waals surface area (Å²) in [6.07, 6.45) is 0.00174. The van der Waals surface area contributed by atoms with Crippen LogP contribution in [0.3, 0.4) is 0 Å². The molecule has 18 heavy (non-hydrogen) atoms. The smallest absolute Gasteiger partial charge is 0.337 e. The summed E-state index contributed by atoms with van der Waals surface area (Å²) in [6.45, 7) is 0.108. The molecule has 0 aliphatic heterocycles. The Kier molecular flexibility index (Phi) is 4.19. The van der Waals surface area contributed by atoms with Gasteiger partial charge in [-0.15, -0.1) is 0 Å². The lowest BCUT2D eigenvalue weighted by Crippen LogP contribution is -2.17. The molecule has 0 saturated heterocycles. The number of primary amides is 1. The number of benzene rings is 1. The number of carboxylic acid groups (broad SMARTS) is 1. The summed E-state index contributed by atoms with van der Waals surface area (Å²) in [5.41, 5.74) is 4.67. The highest BCUT2D eigenvalue weighted by atomic mass is 16.6. The lowest BCUT2D eigenvalue weighted by atomic mass is 10.1. The molecule has 8 heteroatoms. The number of anilines is 1. The Bertz CT molecular complexity index is 500. The molecule has 1 aromatic carbocycles. The maximum atomic E-state index is 10.9. The number of nitrogens with one attached hydrogen (secondary N) is 1. The molecule has 0 unspecified atom stereocenters. The van der Waals surface area contributed by atoms with E-state index in [1.54, 1.807) is 0 Å². The van der Waals surface area contributed by atoms with Crippen LogP contribution in [0.2, 0.25) is 0 Å². The SMILES string of the molecule is NC(=O)CCNc1cc([N+](=O)[O-])ccc1C(=O)O. The van der Waals surface area contributed by atoms with Gasteiger partial charge in [0.05, 0.1) is 16.2 Å². The van der Waals surface area contributed by atoms with Crippen LogP contribution < -0.4 is 11.1 Å². The van der Waals surface area contributed by atoms with Crippen LogP contribution in [0.5, 0.6) is 0 Å². The number of carbonyl (C=O) groups excluding carboxylic acids is 1. The molecule has 0 saturated carbocycles. The predicted molar refractivity (Wildman–Crippen MR) is 62.4 cm³/mol. The number of nitrogens with two attached hydrogens (primary N) is 1. The second kappa shape index (κ2) is 5.62.